The van der Waals surface area contributed by atoms with Gasteiger partial charge in [0.25, 0.3) is 0 Å². The topological polar surface area (TPSA) is 41.1 Å². The number of rotatable bonds is 4. The molecule has 0 aliphatic carbocycles. The van der Waals surface area contributed by atoms with Gasteiger partial charge in [0.2, 0.25) is 5.91 Å². The molecule has 1 saturated heterocycles. The van der Waals surface area contributed by atoms with Crippen LogP contribution >= 0.6 is 0 Å². The minimum Gasteiger partial charge on any atom is -0.350 e. The number of hydrogen-bond donors (Lipinski definition) is 2. The van der Waals surface area contributed by atoms with E-state index in [9.17, 15) is 9.18 Å². The van der Waals surface area contributed by atoms with Crippen LogP contribution < -0.4 is 10.6 Å². The first-order valence-electron chi connectivity index (χ1n) is 7.76. The molecule has 21 heavy (non-hydrogen) atoms. The summed E-state index contributed by atoms with van der Waals surface area (Å²) in [6.07, 6.45) is 2.84. The third-order valence-corrected chi connectivity index (χ3v) is 4.41. The molecule has 116 valence electrons. The number of carbonyl (C=O) groups is 1. The van der Waals surface area contributed by atoms with E-state index in [0.29, 0.717) is 17.9 Å². The number of piperidine rings is 1. The number of aryl methyl sites for hydroxylation is 1. The van der Waals surface area contributed by atoms with E-state index in [1.54, 1.807) is 13.0 Å². The van der Waals surface area contributed by atoms with Gasteiger partial charge in [-0.3, -0.25) is 4.79 Å². The van der Waals surface area contributed by atoms with Crippen molar-refractivity contribution in [2.24, 2.45) is 5.92 Å². The molecule has 1 amide bonds. The van der Waals surface area contributed by atoms with Gasteiger partial charge < -0.3 is 10.6 Å². The Hall–Kier alpha value is -1.42. The monoisotopic (exact) mass is 292 g/mol. The quantitative estimate of drug-likeness (QED) is 0.895. The molecule has 1 aliphatic heterocycles. The second-order valence-electron chi connectivity index (χ2n) is 6.18. The Kier molecular flexibility index (Phi) is 5.34. The molecule has 3 unspecified atom stereocenters. The van der Waals surface area contributed by atoms with E-state index in [4.69, 9.17) is 0 Å². The summed E-state index contributed by atoms with van der Waals surface area (Å²) in [5.41, 5.74) is 1.42. The van der Waals surface area contributed by atoms with Gasteiger partial charge >= 0.3 is 0 Å². The molecule has 2 N–H and O–H groups in total. The number of halogens is 1. The lowest BCUT2D eigenvalue weighted by Gasteiger charge is -2.30. The molecule has 1 heterocycles. The van der Waals surface area contributed by atoms with Gasteiger partial charge in [0.15, 0.2) is 0 Å². The van der Waals surface area contributed by atoms with Gasteiger partial charge in [-0.2, -0.15) is 0 Å². The van der Waals surface area contributed by atoms with Crippen molar-refractivity contribution in [2.75, 3.05) is 6.54 Å². The SMILES string of the molecule is Cc1ccc(C(C)NC(=O)CC2NCCCC2C)cc1F. The summed E-state index contributed by atoms with van der Waals surface area (Å²) in [4.78, 5) is 12.1. The fourth-order valence-electron chi connectivity index (χ4n) is 2.85. The summed E-state index contributed by atoms with van der Waals surface area (Å²) in [5.74, 6) is 0.322. The van der Waals surface area contributed by atoms with Crippen LogP contribution in [0.4, 0.5) is 4.39 Å². The average Bonchev–Trinajstić information content (AvgIpc) is 2.44. The molecule has 1 aromatic rings. The van der Waals surface area contributed by atoms with Crippen molar-refractivity contribution in [1.29, 1.82) is 0 Å². The molecule has 1 fully saturated rings. The first-order chi connectivity index (χ1) is 9.97. The van der Waals surface area contributed by atoms with Crippen LogP contribution in [0.3, 0.4) is 0 Å². The summed E-state index contributed by atoms with van der Waals surface area (Å²) >= 11 is 0. The fraction of sp³-hybridized carbons (Fsp3) is 0.588. The summed E-state index contributed by atoms with van der Waals surface area (Å²) in [6.45, 7) is 6.79. The van der Waals surface area contributed by atoms with Crippen molar-refractivity contribution in [3.8, 4) is 0 Å². The van der Waals surface area contributed by atoms with Gasteiger partial charge in [0.1, 0.15) is 5.82 Å². The molecule has 2 rings (SSSR count). The maximum absolute atomic E-state index is 13.6. The molecule has 0 aromatic heterocycles. The van der Waals surface area contributed by atoms with Crippen LogP contribution in [-0.2, 0) is 4.79 Å². The summed E-state index contributed by atoms with van der Waals surface area (Å²) in [5, 5.41) is 6.37. The van der Waals surface area contributed by atoms with E-state index in [1.807, 2.05) is 13.0 Å². The van der Waals surface area contributed by atoms with Crippen LogP contribution in [0, 0.1) is 18.7 Å². The van der Waals surface area contributed by atoms with Gasteiger partial charge in [-0.25, -0.2) is 4.39 Å². The number of amides is 1. The Morgan fingerprint density at radius 2 is 2.29 bits per heavy atom. The molecule has 4 heteroatoms. The molecule has 3 nitrogen and oxygen atoms in total. The summed E-state index contributed by atoms with van der Waals surface area (Å²) < 4.78 is 13.6. The molecule has 0 saturated carbocycles. The van der Waals surface area contributed by atoms with E-state index in [-0.39, 0.29) is 23.8 Å². The van der Waals surface area contributed by atoms with Crippen LogP contribution in [0.2, 0.25) is 0 Å². The summed E-state index contributed by atoms with van der Waals surface area (Å²) in [7, 11) is 0. The minimum absolute atomic E-state index is 0.0229. The van der Waals surface area contributed by atoms with E-state index in [2.05, 4.69) is 17.6 Å². The molecular formula is C17H25FN2O. The maximum Gasteiger partial charge on any atom is 0.222 e. The zero-order chi connectivity index (χ0) is 15.4. The van der Waals surface area contributed by atoms with Crippen LogP contribution in [0.5, 0.6) is 0 Å². The van der Waals surface area contributed by atoms with Crippen molar-refractivity contribution >= 4 is 5.91 Å². The lowest BCUT2D eigenvalue weighted by atomic mass is 9.90. The van der Waals surface area contributed by atoms with Crippen molar-refractivity contribution in [2.45, 2.75) is 52.1 Å². The Balaban J connectivity index is 1.90. The minimum atomic E-state index is -0.226. The van der Waals surface area contributed by atoms with Crippen LogP contribution in [0.25, 0.3) is 0 Å². The summed E-state index contributed by atoms with van der Waals surface area (Å²) in [6, 6.07) is 5.19. The highest BCUT2D eigenvalue weighted by Crippen LogP contribution is 2.19. The second kappa shape index (κ2) is 7.03. The second-order valence-corrected chi connectivity index (χ2v) is 6.18. The van der Waals surface area contributed by atoms with Crippen LogP contribution in [0.15, 0.2) is 18.2 Å². The molecule has 1 aliphatic rings. The van der Waals surface area contributed by atoms with Crippen molar-refractivity contribution in [3.63, 3.8) is 0 Å². The normalized spacial score (nSPS) is 23.6. The standard InChI is InChI=1S/C17H25FN2O/c1-11-6-7-14(9-15(11)18)13(3)20-17(21)10-16-12(2)5-4-8-19-16/h6-7,9,12-13,16,19H,4-5,8,10H2,1-3H3,(H,20,21). The highest BCUT2D eigenvalue weighted by molar-refractivity contribution is 5.77. The number of nitrogens with one attached hydrogen (secondary N) is 2. The zero-order valence-corrected chi connectivity index (χ0v) is 13.1. The van der Waals surface area contributed by atoms with E-state index < -0.39 is 0 Å². The molecule has 0 bridgehead atoms. The van der Waals surface area contributed by atoms with Crippen LogP contribution in [-0.4, -0.2) is 18.5 Å². The molecular weight excluding hydrogens is 267 g/mol. The van der Waals surface area contributed by atoms with Gasteiger partial charge in [-0.1, -0.05) is 19.1 Å². The first-order valence-corrected chi connectivity index (χ1v) is 7.76. The fourth-order valence-corrected chi connectivity index (χ4v) is 2.85. The average molecular weight is 292 g/mol. The largest absolute Gasteiger partial charge is 0.350 e. The first kappa shape index (κ1) is 16.0. The molecule has 3 atom stereocenters. The predicted octanol–water partition coefficient (Wildman–Crippen LogP) is 3.09. The van der Waals surface area contributed by atoms with Crippen molar-refractivity contribution in [1.82, 2.24) is 10.6 Å². The van der Waals surface area contributed by atoms with Crippen molar-refractivity contribution in [3.05, 3.63) is 35.1 Å². The van der Waals surface area contributed by atoms with Crippen LogP contribution in [0.1, 0.15) is 50.3 Å². The number of carbonyl (C=O) groups excluding carboxylic acids is 1. The molecule has 0 spiro atoms. The molecule has 1 aromatic carbocycles. The lowest BCUT2D eigenvalue weighted by Crippen LogP contribution is -2.43. The highest BCUT2D eigenvalue weighted by Gasteiger charge is 2.23. The highest BCUT2D eigenvalue weighted by atomic mass is 19.1. The third-order valence-electron chi connectivity index (χ3n) is 4.41. The Bertz CT molecular complexity index is 504. The predicted molar refractivity (Wildman–Crippen MR) is 82.5 cm³/mol. The van der Waals surface area contributed by atoms with Crippen molar-refractivity contribution < 1.29 is 9.18 Å². The number of hydrogen-bond acceptors (Lipinski definition) is 2. The van der Waals surface area contributed by atoms with E-state index in [1.165, 1.54) is 18.9 Å². The van der Waals surface area contributed by atoms with Gasteiger partial charge in [0.05, 0.1) is 6.04 Å². The van der Waals surface area contributed by atoms with E-state index in [0.717, 1.165) is 12.1 Å². The Morgan fingerprint density at radius 3 is 2.95 bits per heavy atom. The Labute approximate surface area is 126 Å². The maximum atomic E-state index is 13.6. The third kappa shape index (κ3) is 4.27. The van der Waals surface area contributed by atoms with E-state index >= 15 is 0 Å². The lowest BCUT2D eigenvalue weighted by molar-refractivity contribution is -0.122. The zero-order valence-electron chi connectivity index (χ0n) is 13.1. The number of benzene rings is 1. The van der Waals surface area contributed by atoms with Gasteiger partial charge in [-0.05, 0) is 56.3 Å². The Morgan fingerprint density at radius 1 is 1.52 bits per heavy atom. The smallest absolute Gasteiger partial charge is 0.222 e. The molecule has 0 radical (unpaired) electrons. The van der Waals surface area contributed by atoms with Gasteiger partial charge in [-0.15, -0.1) is 0 Å². The van der Waals surface area contributed by atoms with Gasteiger partial charge in [0, 0.05) is 12.5 Å².